The van der Waals surface area contributed by atoms with E-state index in [9.17, 15) is 0 Å². The van der Waals surface area contributed by atoms with Crippen LogP contribution in [0, 0.1) is 0 Å². The molecule has 1 unspecified atom stereocenters. The molecule has 0 bridgehead atoms. The lowest BCUT2D eigenvalue weighted by Crippen LogP contribution is -2.36. The molecule has 3 heteroatoms. The molecule has 1 heterocycles. The first-order valence-electron chi connectivity index (χ1n) is 7.61. The highest BCUT2D eigenvalue weighted by molar-refractivity contribution is 5.87. The fourth-order valence-corrected chi connectivity index (χ4v) is 3.12. The minimum Gasteiger partial charge on any atom is -0.496 e. The molecular weight excluding hydrogens is 262 g/mol. The quantitative estimate of drug-likeness (QED) is 0.912. The van der Waals surface area contributed by atoms with E-state index in [1.165, 1.54) is 16.3 Å². The van der Waals surface area contributed by atoms with E-state index < -0.39 is 0 Å². The van der Waals surface area contributed by atoms with Gasteiger partial charge in [-0.2, -0.15) is 0 Å². The van der Waals surface area contributed by atoms with Crippen LogP contribution in [0.4, 0.5) is 0 Å². The lowest BCUT2D eigenvalue weighted by molar-refractivity contribution is 0.0206. The van der Waals surface area contributed by atoms with E-state index in [0.29, 0.717) is 0 Å². The van der Waals surface area contributed by atoms with Crippen molar-refractivity contribution in [3.63, 3.8) is 0 Å². The zero-order chi connectivity index (χ0) is 14.7. The summed E-state index contributed by atoms with van der Waals surface area (Å²) < 4.78 is 11.4. The van der Waals surface area contributed by atoms with E-state index in [0.717, 1.165) is 38.3 Å². The number of hydrogen-bond acceptors (Lipinski definition) is 3. The van der Waals surface area contributed by atoms with Crippen LogP contribution in [0.25, 0.3) is 10.8 Å². The van der Waals surface area contributed by atoms with Crippen LogP contribution in [0.3, 0.4) is 0 Å². The normalized spacial score (nSPS) is 21.8. The van der Waals surface area contributed by atoms with Gasteiger partial charge in [0.1, 0.15) is 5.75 Å². The van der Waals surface area contributed by atoms with Crippen molar-refractivity contribution in [1.29, 1.82) is 0 Å². The van der Waals surface area contributed by atoms with Gasteiger partial charge in [0, 0.05) is 25.3 Å². The molecule has 3 rings (SSSR count). The van der Waals surface area contributed by atoms with Crippen LogP contribution in [0.5, 0.6) is 5.75 Å². The van der Waals surface area contributed by atoms with Gasteiger partial charge in [-0.1, -0.05) is 30.3 Å². The van der Waals surface area contributed by atoms with Crippen molar-refractivity contribution in [1.82, 2.24) is 5.32 Å². The molecule has 112 valence electrons. The van der Waals surface area contributed by atoms with Gasteiger partial charge >= 0.3 is 0 Å². The summed E-state index contributed by atoms with van der Waals surface area (Å²) in [4.78, 5) is 0. The molecule has 1 fully saturated rings. The van der Waals surface area contributed by atoms with Gasteiger partial charge in [0.2, 0.25) is 0 Å². The highest BCUT2D eigenvalue weighted by Gasteiger charge is 2.29. The highest BCUT2D eigenvalue weighted by atomic mass is 16.5. The Morgan fingerprint density at radius 3 is 2.86 bits per heavy atom. The molecule has 0 aromatic heterocycles. The SMILES string of the molecule is COc1ccc2ccccc2c1CNCC1(C)CCCO1. The Morgan fingerprint density at radius 1 is 1.24 bits per heavy atom. The average molecular weight is 285 g/mol. The van der Waals surface area contributed by atoms with E-state index in [4.69, 9.17) is 9.47 Å². The Hall–Kier alpha value is -1.58. The summed E-state index contributed by atoms with van der Waals surface area (Å²) in [5.74, 6) is 0.943. The number of nitrogens with one attached hydrogen (secondary N) is 1. The molecule has 2 aromatic rings. The number of benzene rings is 2. The standard InChI is InChI=1S/C18H23NO2/c1-18(10-5-11-21-18)13-19-12-16-15-7-4-3-6-14(15)8-9-17(16)20-2/h3-4,6-9,19H,5,10-13H2,1-2H3. The fraction of sp³-hybridized carbons (Fsp3) is 0.444. The molecule has 1 N–H and O–H groups in total. The summed E-state index contributed by atoms with van der Waals surface area (Å²) in [7, 11) is 1.73. The second-order valence-electron chi connectivity index (χ2n) is 5.97. The van der Waals surface area contributed by atoms with Gasteiger partial charge in [-0.15, -0.1) is 0 Å². The largest absolute Gasteiger partial charge is 0.496 e. The minimum absolute atomic E-state index is 0.0161. The van der Waals surface area contributed by atoms with E-state index in [1.807, 2.05) is 6.07 Å². The third-order valence-corrected chi connectivity index (χ3v) is 4.32. The Morgan fingerprint density at radius 2 is 2.10 bits per heavy atom. The predicted molar refractivity (Wildman–Crippen MR) is 85.8 cm³/mol. The third-order valence-electron chi connectivity index (χ3n) is 4.32. The molecule has 3 nitrogen and oxygen atoms in total. The van der Waals surface area contributed by atoms with Crippen LogP contribution in [-0.2, 0) is 11.3 Å². The second-order valence-corrected chi connectivity index (χ2v) is 5.97. The van der Waals surface area contributed by atoms with Crippen molar-refractivity contribution in [2.24, 2.45) is 0 Å². The molecule has 21 heavy (non-hydrogen) atoms. The molecule has 1 aliphatic rings. The van der Waals surface area contributed by atoms with Crippen LogP contribution in [-0.4, -0.2) is 25.9 Å². The molecular formula is C18H23NO2. The Labute approximate surface area is 126 Å². The Bertz CT molecular complexity index is 618. The topological polar surface area (TPSA) is 30.5 Å². The molecule has 0 amide bonds. The van der Waals surface area contributed by atoms with Crippen LogP contribution >= 0.6 is 0 Å². The monoisotopic (exact) mass is 285 g/mol. The summed E-state index contributed by atoms with van der Waals surface area (Å²) in [5.41, 5.74) is 1.20. The smallest absolute Gasteiger partial charge is 0.123 e. The predicted octanol–water partition coefficient (Wildman–Crippen LogP) is 3.51. The van der Waals surface area contributed by atoms with Gasteiger partial charge in [0.25, 0.3) is 0 Å². The molecule has 0 radical (unpaired) electrons. The molecule has 1 aliphatic heterocycles. The summed E-state index contributed by atoms with van der Waals surface area (Å²) in [5, 5.41) is 6.05. The number of ether oxygens (including phenoxy) is 2. The van der Waals surface area contributed by atoms with Gasteiger partial charge in [0.05, 0.1) is 12.7 Å². The van der Waals surface area contributed by atoms with E-state index in [2.05, 4.69) is 42.6 Å². The first-order chi connectivity index (χ1) is 10.2. The van der Waals surface area contributed by atoms with Gasteiger partial charge in [-0.05, 0) is 36.6 Å². The second kappa shape index (κ2) is 6.04. The first kappa shape index (κ1) is 14.4. The summed E-state index contributed by atoms with van der Waals surface area (Å²) >= 11 is 0. The summed E-state index contributed by atoms with van der Waals surface area (Å²) in [6.45, 7) is 4.74. The van der Waals surface area contributed by atoms with Crippen molar-refractivity contribution in [2.45, 2.75) is 31.9 Å². The van der Waals surface area contributed by atoms with Gasteiger partial charge in [-0.25, -0.2) is 0 Å². The maximum Gasteiger partial charge on any atom is 0.123 e. The van der Waals surface area contributed by atoms with Gasteiger partial charge in [-0.3, -0.25) is 0 Å². The highest BCUT2D eigenvalue weighted by Crippen LogP contribution is 2.28. The number of methoxy groups -OCH3 is 1. The zero-order valence-corrected chi connectivity index (χ0v) is 12.8. The first-order valence-corrected chi connectivity index (χ1v) is 7.61. The van der Waals surface area contributed by atoms with Crippen LogP contribution in [0.15, 0.2) is 36.4 Å². The Kier molecular flexibility index (Phi) is 4.13. The fourth-order valence-electron chi connectivity index (χ4n) is 3.12. The molecule has 0 spiro atoms. The van der Waals surface area contributed by atoms with E-state index >= 15 is 0 Å². The summed E-state index contributed by atoms with van der Waals surface area (Å²) in [6, 6.07) is 12.6. The lowest BCUT2D eigenvalue weighted by atomic mass is 10.0. The lowest BCUT2D eigenvalue weighted by Gasteiger charge is -2.24. The maximum absolute atomic E-state index is 5.83. The van der Waals surface area contributed by atoms with Crippen LogP contribution in [0.2, 0.25) is 0 Å². The van der Waals surface area contributed by atoms with Crippen molar-refractivity contribution in [3.05, 3.63) is 42.0 Å². The van der Waals surface area contributed by atoms with E-state index in [1.54, 1.807) is 7.11 Å². The zero-order valence-electron chi connectivity index (χ0n) is 12.8. The van der Waals surface area contributed by atoms with Crippen molar-refractivity contribution in [3.8, 4) is 5.75 Å². The number of hydrogen-bond donors (Lipinski definition) is 1. The maximum atomic E-state index is 5.83. The van der Waals surface area contributed by atoms with Gasteiger partial charge < -0.3 is 14.8 Å². The molecule has 1 saturated heterocycles. The molecule has 0 aliphatic carbocycles. The molecule has 1 atom stereocenters. The number of fused-ring (bicyclic) bond motifs is 1. The van der Waals surface area contributed by atoms with Crippen molar-refractivity contribution in [2.75, 3.05) is 20.3 Å². The summed E-state index contributed by atoms with van der Waals surface area (Å²) in [6.07, 6.45) is 2.29. The Balaban J connectivity index is 1.79. The molecule has 2 aromatic carbocycles. The van der Waals surface area contributed by atoms with Crippen LogP contribution in [0.1, 0.15) is 25.3 Å². The van der Waals surface area contributed by atoms with Crippen molar-refractivity contribution >= 4 is 10.8 Å². The number of rotatable bonds is 5. The van der Waals surface area contributed by atoms with Crippen molar-refractivity contribution < 1.29 is 9.47 Å². The van der Waals surface area contributed by atoms with E-state index in [-0.39, 0.29) is 5.60 Å². The minimum atomic E-state index is -0.0161. The average Bonchev–Trinajstić information content (AvgIpc) is 2.94. The molecule has 0 saturated carbocycles. The third kappa shape index (κ3) is 3.04. The van der Waals surface area contributed by atoms with Crippen LogP contribution < -0.4 is 10.1 Å². The van der Waals surface area contributed by atoms with Gasteiger partial charge in [0.15, 0.2) is 0 Å².